The lowest BCUT2D eigenvalue weighted by Crippen LogP contribution is -2.34. The number of carbonyl (C=O) groups is 2. The van der Waals surface area contributed by atoms with Gasteiger partial charge in [-0.3, -0.25) is 15.0 Å². The lowest BCUT2D eigenvalue weighted by Gasteiger charge is -2.26. The lowest BCUT2D eigenvalue weighted by atomic mass is 9.84. The molecule has 200 valence electrons. The highest BCUT2D eigenvalue weighted by atomic mass is 35.5. The monoisotopic (exact) mass is 563 g/mol. The molecule has 0 aliphatic heterocycles. The van der Waals surface area contributed by atoms with E-state index in [1.165, 1.54) is 37.7 Å². The van der Waals surface area contributed by atoms with Gasteiger partial charge in [-0.1, -0.05) is 71.8 Å². The van der Waals surface area contributed by atoms with Crippen LogP contribution in [0.4, 0.5) is 22.1 Å². The van der Waals surface area contributed by atoms with E-state index in [1.807, 2.05) is 12.1 Å². The molecule has 1 aliphatic rings. The maximum Gasteiger partial charge on any atom is 0.326 e. The lowest BCUT2D eigenvalue weighted by molar-refractivity contribution is 0.102. The number of amides is 3. The number of tetrazole rings is 1. The van der Waals surface area contributed by atoms with Crippen molar-refractivity contribution in [3.8, 4) is 0 Å². The Morgan fingerprint density at radius 2 is 1.67 bits per heavy atom. The molecule has 3 amide bonds. The topological polar surface area (TPSA) is 116 Å². The van der Waals surface area contributed by atoms with Gasteiger partial charge in [0.05, 0.1) is 17.3 Å². The van der Waals surface area contributed by atoms with Crippen molar-refractivity contribution in [3.63, 3.8) is 0 Å². The second-order valence-corrected chi connectivity index (χ2v) is 10.3. The molecule has 1 aromatic heterocycles. The van der Waals surface area contributed by atoms with Crippen LogP contribution in [0, 0.1) is 0 Å². The first-order valence-corrected chi connectivity index (χ1v) is 13.5. The Bertz CT molecular complexity index is 1420. The van der Waals surface area contributed by atoms with Crippen LogP contribution in [-0.4, -0.2) is 32.6 Å². The highest BCUT2D eigenvalue weighted by molar-refractivity contribution is 6.36. The van der Waals surface area contributed by atoms with Crippen molar-refractivity contribution in [2.75, 3.05) is 15.5 Å². The number of urea groups is 1. The first-order valence-electron chi connectivity index (χ1n) is 12.7. The summed E-state index contributed by atoms with van der Waals surface area (Å²) in [4.78, 5) is 27.6. The van der Waals surface area contributed by atoms with E-state index in [9.17, 15) is 9.59 Å². The van der Waals surface area contributed by atoms with E-state index in [0.717, 1.165) is 11.3 Å². The zero-order valence-corrected chi connectivity index (χ0v) is 22.5. The van der Waals surface area contributed by atoms with Gasteiger partial charge in [0, 0.05) is 16.3 Å². The summed E-state index contributed by atoms with van der Waals surface area (Å²) in [5.41, 5.74) is 3.76. The minimum absolute atomic E-state index is 0.0875. The van der Waals surface area contributed by atoms with Gasteiger partial charge in [-0.2, -0.15) is 5.21 Å². The Morgan fingerprint density at radius 3 is 2.33 bits per heavy atom. The molecule has 0 saturated heterocycles. The molecule has 0 spiro atoms. The minimum Gasteiger partial charge on any atom is -0.306 e. The molecule has 5 rings (SSSR count). The Hall–Kier alpha value is -3.95. The molecular formula is C28H27Cl2N7O2. The number of carbonyl (C=O) groups excluding carboxylic acids is 2. The number of hydrogen-bond acceptors (Lipinski definition) is 5. The van der Waals surface area contributed by atoms with Gasteiger partial charge in [-0.25, -0.2) is 4.79 Å². The average molecular weight is 564 g/mol. The fourth-order valence-electron chi connectivity index (χ4n) is 4.75. The molecule has 3 aromatic carbocycles. The number of hydrogen-bond donors (Lipinski definition) is 3. The third-order valence-electron chi connectivity index (χ3n) is 6.83. The van der Waals surface area contributed by atoms with Gasteiger partial charge in [-0.05, 0) is 77.6 Å². The predicted octanol–water partition coefficient (Wildman–Crippen LogP) is 7.05. The number of aromatic nitrogens is 4. The summed E-state index contributed by atoms with van der Waals surface area (Å²) in [6.07, 6.45) is 6.21. The van der Waals surface area contributed by atoms with Crippen LogP contribution >= 0.6 is 23.2 Å². The molecule has 1 fully saturated rings. The number of nitrogens with one attached hydrogen (secondary N) is 3. The normalized spacial score (nSPS) is 13.6. The highest BCUT2D eigenvalue weighted by Crippen LogP contribution is 2.34. The predicted molar refractivity (Wildman–Crippen MR) is 153 cm³/mol. The van der Waals surface area contributed by atoms with Gasteiger partial charge in [0.15, 0.2) is 0 Å². The van der Waals surface area contributed by atoms with Crippen molar-refractivity contribution >= 4 is 52.5 Å². The number of aromatic amines is 1. The molecule has 9 nitrogen and oxygen atoms in total. The van der Waals surface area contributed by atoms with Crippen LogP contribution < -0.4 is 15.5 Å². The van der Waals surface area contributed by atoms with Crippen molar-refractivity contribution < 1.29 is 9.59 Å². The summed E-state index contributed by atoms with van der Waals surface area (Å²) in [6.45, 7) is 0.270. The van der Waals surface area contributed by atoms with E-state index in [1.54, 1.807) is 47.4 Å². The van der Waals surface area contributed by atoms with Crippen molar-refractivity contribution in [2.24, 2.45) is 0 Å². The Labute approximate surface area is 235 Å². The van der Waals surface area contributed by atoms with Gasteiger partial charge in [0.25, 0.3) is 11.9 Å². The van der Waals surface area contributed by atoms with Crippen molar-refractivity contribution in [1.82, 2.24) is 20.6 Å². The van der Waals surface area contributed by atoms with Crippen LogP contribution in [0.15, 0.2) is 66.7 Å². The minimum atomic E-state index is -0.367. The fourth-order valence-corrected chi connectivity index (χ4v) is 5.20. The maximum atomic E-state index is 13.5. The molecule has 0 atom stereocenters. The Morgan fingerprint density at radius 1 is 0.923 bits per heavy atom. The van der Waals surface area contributed by atoms with E-state index in [-0.39, 0.29) is 24.4 Å². The van der Waals surface area contributed by atoms with Crippen LogP contribution in [0.5, 0.6) is 0 Å². The first-order chi connectivity index (χ1) is 19.0. The summed E-state index contributed by atoms with van der Waals surface area (Å²) in [7, 11) is 0. The zero-order chi connectivity index (χ0) is 27.2. The van der Waals surface area contributed by atoms with Gasteiger partial charge < -0.3 is 5.32 Å². The van der Waals surface area contributed by atoms with Crippen molar-refractivity contribution in [1.29, 1.82) is 0 Å². The summed E-state index contributed by atoms with van der Waals surface area (Å²) in [5, 5.41) is 19.4. The maximum absolute atomic E-state index is 13.5. The van der Waals surface area contributed by atoms with E-state index >= 15 is 0 Å². The molecule has 1 aliphatic carbocycles. The van der Waals surface area contributed by atoms with Crippen LogP contribution in [0.25, 0.3) is 0 Å². The zero-order valence-electron chi connectivity index (χ0n) is 21.0. The van der Waals surface area contributed by atoms with Gasteiger partial charge in [0.2, 0.25) is 0 Å². The van der Waals surface area contributed by atoms with E-state index < -0.39 is 0 Å². The third-order valence-corrected chi connectivity index (χ3v) is 7.37. The molecule has 1 saturated carbocycles. The summed E-state index contributed by atoms with van der Waals surface area (Å²) in [5.74, 6) is 0.284. The van der Waals surface area contributed by atoms with Crippen LogP contribution in [0.2, 0.25) is 10.0 Å². The Balaban J connectivity index is 1.36. The van der Waals surface area contributed by atoms with Gasteiger partial charge >= 0.3 is 6.03 Å². The smallest absolute Gasteiger partial charge is 0.306 e. The quantitative estimate of drug-likeness (QED) is 0.223. The van der Waals surface area contributed by atoms with E-state index in [0.29, 0.717) is 27.2 Å². The SMILES string of the molecule is O=C(Nc1nn[nH]n1)c1ccc(CN(C(=O)Nc2ccc(Cl)cc2Cl)c2ccc(C3CCCCC3)cc2)cc1. The molecule has 0 unspecified atom stereocenters. The van der Waals surface area contributed by atoms with Crippen molar-refractivity contribution in [3.05, 3.63) is 93.5 Å². The number of nitrogens with zero attached hydrogens (tertiary/aromatic N) is 4. The number of rotatable bonds is 7. The van der Waals surface area contributed by atoms with E-state index in [2.05, 4.69) is 43.4 Å². The second kappa shape index (κ2) is 12.3. The summed E-state index contributed by atoms with van der Waals surface area (Å²) >= 11 is 12.3. The molecule has 3 N–H and O–H groups in total. The summed E-state index contributed by atoms with van der Waals surface area (Å²) in [6, 6.07) is 19.8. The third kappa shape index (κ3) is 6.74. The number of benzene rings is 3. The standard InChI is InChI=1S/C28H27Cl2N7O2/c29-22-12-15-25(24(30)16-22)31-28(39)37(23-13-10-20(11-14-23)19-4-2-1-3-5-19)17-18-6-8-21(9-7-18)26(38)32-27-33-35-36-34-27/h6-16,19H,1-5,17H2,(H,31,39)(H2,32,33,34,35,36,38). The highest BCUT2D eigenvalue weighted by Gasteiger charge is 2.20. The van der Waals surface area contributed by atoms with Gasteiger partial charge in [-0.15, -0.1) is 5.10 Å². The molecule has 39 heavy (non-hydrogen) atoms. The molecule has 1 heterocycles. The van der Waals surface area contributed by atoms with Gasteiger partial charge in [0.1, 0.15) is 0 Å². The molecule has 0 bridgehead atoms. The van der Waals surface area contributed by atoms with Crippen LogP contribution in [0.1, 0.15) is 59.5 Å². The second-order valence-electron chi connectivity index (χ2n) is 9.45. The molecule has 4 aromatic rings. The number of H-pyrrole nitrogens is 1. The van der Waals surface area contributed by atoms with Crippen LogP contribution in [0.3, 0.4) is 0 Å². The number of anilines is 3. The van der Waals surface area contributed by atoms with Crippen LogP contribution in [-0.2, 0) is 6.54 Å². The molecular weight excluding hydrogens is 537 g/mol. The van der Waals surface area contributed by atoms with Crippen molar-refractivity contribution in [2.45, 2.75) is 44.6 Å². The summed E-state index contributed by atoms with van der Waals surface area (Å²) < 4.78 is 0. The Kier molecular flexibility index (Phi) is 8.39. The largest absolute Gasteiger partial charge is 0.326 e. The molecule has 11 heteroatoms. The first kappa shape index (κ1) is 26.6. The van der Waals surface area contributed by atoms with E-state index in [4.69, 9.17) is 23.2 Å². The fraction of sp³-hybridized carbons (Fsp3) is 0.250. The molecule has 0 radical (unpaired) electrons. The number of halogens is 2. The average Bonchev–Trinajstić information content (AvgIpc) is 3.47.